The van der Waals surface area contributed by atoms with Crippen molar-refractivity contribution < 1.29 is 22.6 Å². The van der Waals surface area contributed by atoms with Gasteiger partial charge in [0.15, 0.2) is 0 Å². The fourth-order valence-electron chi connectivity index (χ4n) is 3.33. The number of aryl methyl sites for hydroxylation is 2. The molecular weight excluding hydrogens is 402 g/mol. The van der Waals surface area contributed by atoms with E-state index in [0.29, 0.717) is 6.54 Å². The lowest BCUT2D eigenvalue weighted by Gasteiger charge is -2.19. The maximum atomic E-state index is 13.3. The van der Waals surface area contributed by atoms with Crippen LogP contribution < -0.4 is 9.29 Å². The summed E-state index contributed by atoms with van der Waals surface area (Å²) in [6.45, 7) is 4.44. The summed E-state index contributed by atoms with van der Waals surface area (Å²) in [5.74, 6) is -0.974. The summed E-state index contributed by atoms with van der Waals surface area (Å²) in [7, 11) is -4.08. The van der Waals surface area contributed by atoms with Gasteiger partial charge in [-0.2, -0.15) is 4.57 Å². The van der Waals surface area contributed by atoms with Crippen molar-refractivity contribution >= 4 is 27.3 Å². The predicted octanol–water partition coefficient (Wildman–Crippen LogP) is 2.33. The topological polar surface area (TPSA) is 89.1 Å². The SMILES string of the molecule is CC[n+]1ccn(C2=C(NS(=O)(=O)c3ccc(C)cc3)C(=O)c3ccccc3C2=O)c1. The third-order valence-electron chi connectivity index (χ3n) is 4.98. The molecule has 0 saturated heterocycles. The normalized spacial score (nSPS) is 14.1. The smallest absolute Gasteiger partial charge is 0.262 e. The molecule has 7 nitrogen and oxygen atoms in total. The van der Waals surface area contributed by atoms with Crippen LogP contribution in [0.5, 0.6) is 0 Å². The number of allylic oxidation sites excluding steroid dienone is 2. The van der Waals surface area contributed by atoms with Crippen LogP contribution in [0.2, 0.25) is 0 Å². The zero-order valence-electron chi connectivity index (χ0n) is 16.5. The fraction of sp³-hybridized carbons (Fsp3) is 0.136. The van der Waals surface area contributed by atoms with Gasteiger partial charge in [0.05, 0.1) is 11.4 Å². The highest BCUT2D eigenvalue weighted by Gasteiger charge is 2.38. The molecule has 0 saturated carbocycles. The Morgan fingerprint density at radius 1 is 0.967 bits per heavy atom. The number of carbonyl (C=O) groups excluding carboxylic acids is 2. The van der Waals surface area contributed by atoms with Gasteiger partial charge in [-0.1, -0.05) is 42.0 Å². The highest BCUT2D eigenvalue weighted by Crippen LogP contribution is 2.28. The average molecular weight is 422 g/mol. The molecule has 2 aromatic carbocycles. The lowest BCUT2D eigenvalue weighted by molar-refractivity contribution is -0.692. The highest BCUT2D eigenvalue weighted by atomic mass is 32.2. The van der Waals surface area contributed by atoms with E-state index in [2.05, 4.69) is 4.72 Å². The van der Waals surface area contributed by atoms with Crippen LogP contribution in [0, 0.1) is 6.92 Å². The van der Waals surface area contributed by atoms with E-state index in [1.165, 1.54) is 22.8 Å². The molecule has 1 heterocycles. The summed E-state index contributed by atoms with van der Waals surface area (Å²) < 4.78 is 31.7. The number of sulfonamides is 1. The molecular formula is C22H20N3O4S+. The number of ketones is 2. The van der Waals surface area contributed by atoms with Crippen LogP contribution >= 0.6 is 0 Å². The Balaban J connectivity index is 1.89. The first-order valence-corrected chi connectivity index (χ1v) is 10.9. The predicted molar refractivity (Wildman–Crippen MR) is 110 cm³/mol. The van der Waals surface area contributed by atoms with Gasteiger partial charge in [-0.15, -0.1) is 0 Å². The number of benzene rings is 2. The number of Topliss-reactive ketones (excluding diaryl/α,β-unsaturated/α-hetero) is 2. The number of rotatable bonds is 5. The Bertz CT molecular complexity index is 1300. The van der Waals surface area contributed by atoms with Gasteiger partial charge in [-0.05, 0) is 26.0 Å². The third-order valence-corrected chi connectivity index (χ3v) is 6.34. The van der Waals surface area contributed by atoms with Crippen molar-refractivity contribution in [2.45, 2.75) is 25.3 Å². The van der Waals surface area contributed by atoms with E-state index in [1.54, 1.807) is 49.1 Å². The maximum absolute atomic E-state index is 13.3. The summed E-state index contributed by atoms with van der Waals surface area (Å²) in [6.07, 6.45) is 5.02. The molecule has 0 unspecified atom stereocenters. The molecule has 0 radical (unpaired) electrons. The Morgan fingerprint density at radius 2 is 1.60 bits per heavy atom. The van der Waals surface area contributed by atoms with Crippen molar-refractivity contribution in [3.05, 3.63) is 89.6 Å². The van der Waals surface area contributed by atoms with Crippen molar-refractivity contribution in [3.63, 3.8) is 0 Å². The lowest BCUT2D eigenvalue weighted by atomic mass is 9.90. The van der Waals surface area contributed by atoms with Gasteiger partial charge < -0.3 is 0 Å². The number of carbonyl (C=O) groups is 2. The van der Waals surface area contributed by atoms with Gasteiger partial charge in [0.1, 0.15) is 18.1 Å². The van der Waals surface area contributed by atoms with Gasteiger partial charge in [0.25, 0.3) is 10.0 Å². The summed E-state index contributed by atoms with van der Waals surface area (Å²) >= 11 is 0. The molecule has 0 atom stereocenters. The van der Waals surface area contributed by atoms with Gasteiger partial charge in [-0.3, -0.25) is 14.3 Å². The molecule has 0 fully saturated rings. The van der Waals surface area contributed by atoms with Gasteiger partial charge in [0, 0.05) is 11.1 Å². The Hall–Kier alpha value is -3.52. The Morgan fingerprint density at radius 3 is 2.20 bits per heavy atom. The summed E-state index contributed by atoms with van der Waals surface area (Å²) in [6, 6.07) is 12.7. The van der Waals surface area contributed by atoms with E-state index < -0.39 is 21.6 Å². The number of nitrogens with one attached hydrogen (secondary N) is 1. The average Bonchev–Trinajstić information content (AvgIpc) is 3.21. The number of aromatic nitrogens is 2. The minimum Gasteiger partial charge on any atom is -0.287 e. The largest absolute Gasteiger partial charge is 0.287 e. The molecule has 1 N–H and O–H groups in total. The monoisotopic (exact) mass is 422 g/mol. The van der Waals surface area contributed by atoms with Gasteiger partial charge in [-0.25, -0.2) is 13.0 Å². The van der Waals surface area contributed by atoms with E-state index >= 15 is 0 Å². The van der Waals surface area contributed by atoms with Crippen LogP contribution in [-0.4, -0.2) is 24.6 Å². The van der Waals surface area contributed by atoms with Crippen molar-refractivity contribution in [1.29, 1.82) is 0 Å². The first-order valence-electron chi connectivity index (χ1n) is 9.41. The van der Waals surface area contributed by atoms with Crippen LogP contribution in [0.25, 0.3) is 5.70 Å². The molecule has 3 aromatic rings. The number of hydrogen-bond donors (Lipinski definition) is 1. The molecule has 1 aromatic heterocycles. The number of imidazole rings is 1. The van der Waals surface area contributed by atoms with Crippen LogP contribution in [0.4, 0.5) is 0 Å². The maximum Gasteiger partial charge on any atom is 0.262 e. The Labute approximate surface area is 174 Å². The summed E-state index contributed by atoms with van der Waals surface area (Å²) in [5.41, 5.74) is 1.03. The first kappa shape index (κ1) is 19.8. The van der Waals surface area contributed by atoms with E-state index in [4.69, 9.17) is 0 Å². The second-order valence-corrected chi connectivity index (χ2v) is 8.68. The van der Waals surface area contributed by atoms with Crippen LogP contribution in [0.3, 0.4) is 0 Å². The molecule has 30 heavy (non-hydrogen) atoms. The van der Waals surface area contributed by atoms with E-state index in [0.717, 1.165) is 5.56 Å². The lowest BCUT2D eigenvalue weighted by Crippen LogP contribution is -2.35. The van der Waals surface area contributed by atoms with Crippen molar-refractivity contribution in [1.82, 2.24) is 9.29 Å². The van der Waals surface area contributed by atoms with Crippen molar-refractivity contribution in [3.8, 4) is 0 Å². The minimum atomic E-state index is -4.08. The van der Waals surface area contributed by atoms with Crippen LogP contribution in [0.15, 0.2) is 77.8 Å². The summed E-state index contributed by atoms with van der Waals surface area (Å²) in [5, 5.41) is 0. The standard InChI is InChI=1S/C22H19N3O4S/c1-3-24-12-13-25(14-24)20-19(21(26)17-6-4-5-7-18(17)22(20)27)23-30(28,29)16-10-8-15(2)9-11-16/h4-14H,3H2,1-2H3/p+1. The minimum absolute atomic E-state index is 0.00943. The number of nitrogens with zero attached hydrogens (tertiary/aromatic N) is 2. The third kappa shape index (κ3) is 3.35. The van der Waals surface area contributed by atoms with Crippen LogP contribution in [-0.2, 0) is 16.6 Å². The molecule has 4 rings (SSSR count). The van der Waals surface area contributed by atoms with E-state index in [-0.39, 0.29) is 27.4 Å². The quantitative estimate of drug-likeness (QED) is 0.639. The van der Waals surface area contributed by atoms with Gasteiger partial charge >= 0.3 is 0 Å². The second-order valence-electron chi connectivity index (χ2n) is 7.00. The zero-order chi connectivity index (χ0) is 21.5. The molecule has 1 aliphatic carbocycles. The number of hydrogen-bond acceptors (Lipinski definition) is 4. The van der Waals surface area contributed by atoms with Crippen molar-refractivity contribution in [2.24, 2.45) is 0 Å². The zero-order valence-corrected chi connectivity index (χ0v) is 17.3. The van der Waals surface area contributed by atoms with E-state index in [1.807, 2.05) is 18.4 Å². The van der Waals surface area contributed by atoms with E-state index in [9.17, 15) is 18.0 Å². The number of fused-ring (bicyclic) bond motifs is 1. The Kier molecular flexibility index (Phi) is 4.87. The second kappa shape index (κ2) is 7.38. The molecule has 0 spiro atoms. The molecule has 152 valence electrons. The molecule has 0 aliphatic heterocycles. The molecule has 0 amide bonds. The molecule has 8 heteroatoms. The molecule has 1 aliphatic rings. The van der Waals surface area contributed by atoms with Crippen molar-refractivity contribution in [2.75, 3.05) is 0 Å². The van der Waals surface area contributed by atoms with Gasteiger partial charge in [0.2, 0.25) is 23.6 Å². The first-order chi connectivity index (χ1) is 14.3. The summed E-state index contributed by atoms with van der Waals surface area (Å²) in [4.78, 5) is 26.5. The highest BCUT2D eigenvalue weighted by molar-refractivity contribution is 7.89. The fourth-order valence-corrected chi connectivity index (χ4v) is 4.40. The van der Waals surface area contributed by atoms with Crippen LogP contribution in [0.1, 0.15) is 33.2 Å². The molecule has 0 bridgehead atoms.